The molecule has 0 aliphatic rings. The molecule has 0 aromatic heterocycles. The van der Waals surface area contributed by atoms with Gasteiger partial charge < -0.3 is 26.6 Å². The Bertz CT molecular complexity index is 206. The second-order valence-electron chi connectivity index (χ2n) is 4.61. The topological polar surface area (TPSA) is 55.4 Å². The van der Waals surface area contributed by atoms with Crippen LogP contribution in [0.4, 0.5) is 0 Å². The lowest BCUT2D eigenvalue weighted by atomic mass is 10.5. The van der Waals surface area contributed by atoms with E-state index < -0.39 is 5.60 Å². The van der Waals surface area contributed by atoms with Gasteiger partial charge in [-0.2, -0.15) is 0 Å². The van der Waals surface area contributed by atoms with E-state index in [2.05, 4.69) is 10.2 Å². The molecule has 0 fully saturated rings. The van der Waals surface area contributed by atoms with Gasteiger partial charge in [-0.15, -0.1) is 0 Å². The summed E-state index contributed by atoms with van der Waals surface area (Å²) >= 11 is 0. The molecule has 6 nitrogen and oxygen atoms in total. The van der Waals surface area contributed by atoms with Gasteiger partial charge in [0.25, 0.3) is 0 Å². The van der Waals surface area contributed by atoms with E-state index in [0.717, 1.165) is 0 Å². The molecule has 0 spiro atoms. The molecule has 0 amide bonds. The van der Waals surface area contributed by atoms with Gasteiger partial charge in [0, 0.05) is 18.3 Å². The zero-order valence-electron chi connectivity index (χ0n) is 12.7. The highest BCUT2D eigenvalue weighted by Crippen LogP contribution is 2.10. The Hall–Kier alpha value is 0.628. The van der Waals surface area contributed by atoms with E-state index in [9.17, 15) is 0 Å². The van der Waals surface area contributed by atoms with Crippen LogP contribution in [0.3, 0.4) is 0 Å². The first kappa shape index (κ1) is 20.6. The van der Waals surface area contributed by atoms with E-state index in [-0.39, 0.29) is 48.3 Å². The largest absolute Gasteiger partial charge is 0.437 e. The van der Waals surface area contributed by atoms with Crippen LogP contribution in [0.5, 0.6) is 0 Å². The van der Waals surface area contributed by atoms with Crippen LogP contribution in [0.1, 0.15) is 41.5 Å². The first-order valence-electron chi connectivity index (χ1n) is 6.26. The normalized spacial score (nSPS) is 12.9. The first-order valence-corrected chi connectivity index (χ1v) is 9.21. The summed E-state index contributed by atoms with van der Waals surface area (Å²) < 4.78 is 32.3. The molecule has 0 aliphatic heterocycles. The summed E-state index contributed by atoms with van der Waals surface area (Å²) in [4.78, 5) is 0. The average molecular weight is 350 g/mol. The van der Waals surface area contributed by atoms with Gasteiger partial charge in [-0.05, 0) is 41.5 Å². The second kappa shape index (κ2) is 11.2. The van der Waals surface area contributed by atoms with Crippen LogP contribution in [-0.4, -0.2) is 64.2 Å². The van der Waals surface area contributed by atoms with Gasteiger partial charge in [0.15, 0.2) is 10.2 Å². The van der Waals surface area contributed by atoms with Crippen molar-refractivity contribution < 1.29 is 26.6 Å². The van der Waals surface area contributed by atoms with Gasteiger partial charge in [-0.25, -0.2) is 0 Å². The molecule has 0 saturated carbocycles. The summed E-state index contributed by atoms with van der Waals surface area (Å²) in [6.07, 6.45) is 0.189. The molecule has 20 heavy (non-hydrogen) atoms. The van der Waals surface area contributed by atoms with E-state index in [4.69, 9.17) is 26.6 Å². The van der Waals surface area contributed by atoms with Crippen molar-refractivity contribution in [3.05, 3.63) is 0 Å². The smallest absolute Gasteiger partial charge is 0.390 e. The molecule has 0 N–H and O–H groups in total. The van der Waals surface area contributed by atoms with Gasteiger partial charge in [0.05, 0.1) is 0 Å². The summed E-state index contributed by atoms with van der Waals surface area (Å²) in [5.41, 5.74) is -1.42. The van der Waals surface area contributed by atoms with Gasteiger partial charge in [-0.3, -0.25) is 0 Å². The number of hydrogen-bond donors (Lipinski definition) is 0. The minimum Gasteiger partial charge on any atom is -0.390 e. The Labute approximate surface area is 132 Å². The van der Waals surface area contributed by atoms with Crippen molar-refractivity contribution in [2.24, 2.45) is 0 Å². The van der Waals surface area contributed by atoms with Crippen molar-refractivity contribution in [3.8, 4) is 0 Å². The molecule has 0 aliphatic carbocycles. The van der Waals surface area contributed by atoms with Crippen LogP contribution in [0.25, 0.3) is 0 Å². The Kier molecular flexibility index (Phi) is 11.6. The predicted octanol–water partition coefficient (Wildman–Crippen LogP) is 0.694. The second-order valence-corrected chi connectivity index (χ2v) is 7.04. The van der Waals surface area contributed by atoms with Gasteiger partial charge >= 0.3 is 30.0 Å². The minimum atomic E-state index is -1.42. The maximum absolute atomic E-state index is 5.43. The Morgan fingerprint density at radius 3 is 1.10 bits per heavy atom. The van der Waals surface area contributed by atoms with Crippen LogP contribution < -0.4 is 0 Å². The molecule has 0 aromatic carbocycles. The molecule has 0 aromatic rings. The SMILES string of the molecule is CC(C)O[Si]OC([Si])(O[Si]OC(C)C)O[Si]OC(C)C. The van der Waals surface area contributed by atoms with E-state index >= 15 is 0 Å². The summed E-state index contributed by atoms with van der Waals surface area (Å²) in [5, 5.41) is 0. The molecular formula is C10H21O6Si4. The Morgan fingerprint density at radius 2 is 0.900 bits per heavy atom. The van der Waals surface area contributed by atoms with E-state index in [1.807, 2.05) is 41.5 Å². The maximum Gasteiger partial charge on any atom is 0.437 e. The number of hydrogen-bond acceptors (Lipinski definition) is 6. The van der Waals surface area contributed by atoms with Crippen molar-refractivity contribution in [1.29, 1.82) is 0 Å². The van der Waals surface area contributed by atoms with E-state index in [1.165, 1.54) is 0 Å². The highest BCUT2D eigenvalue weighted by Gasteiger charge is 2.29. The lowest BCUT2D eigenvalue weighted by Gasteiger charge is -2.29. The fourth-order valence-electron chi connectivity index (χ4n) is 0.588. The number of rotatable bonds is 12. The summed E-state index contributed by atoms with van der Waals surface area (Å²) in [7, 11) is 2.63. The molecule has 0 rings (SSSR count). The average Bonchev–Trinajstić information content (AvgIpc) is 2.27. The predicted molar refractivity (Wildman–Crippen MR) is 77.7 cm³/mol. The van der Waals surface area contributed by atoms with Crippen LogP contribution in [0, 0.1) is 0 Å². The van der Waals surface area contributed by atoms with Gasteiger partial charge in [0.1, 0.15) is 0 Å². The fourth-order valence-corrected chi connectivity index (χ4v) is 2.51. The molecule has 0 saturated heterocycles. The summed E-state index contributed by atoms with van der Waals surface area (Å²) in [6, 6.07) is 0. The third kappa shape index (κ3) is 12.4. The van der Waals surface area contributed by atoms with Crippen LogP contribution in [0.2, 0.25) is 0 Å². The van der Waals surface area contributed by atoms with E-state index in [0.29, 0.717) is 0 Å². The molecule has 0 atom stereocenters. The lowest BCUT2D eigenvalue weighted by molar-refractivity contribution is -0.206. The molecule has 0 bridgehead atoms. The molecular weight excluding hydrogens is 328 g/mol. The monoisotopic (exact) mass is 349 g/mol. The standard InChI is InChI=1S/C10H21O6Si4/c1-7(2)11-18-14-10(17,15-19-12-8(3)4)16-20-13-9(5)6/h7-9H,1-6H3. The molecule has 9 radical (unpaired) electrons. The first-order chi connectivity index (χ1) is 9.25. The summed E-state index contributed by atoms with van der Waals surface area (Å²) in [6.45, 7) is 11.5. The van der Waals surface area contributed by atoms with Crippen molar-refractivity contribution in [2.75, 3.05) is 0 Å². The molecule has 0 unspecified atom stereocenters. The maximum atomic E-state index is 5.43. The fraction of sp³-hybridized carbons (Fsp3) is 1.00. The van der Waals surface area contributed by atoms with Crippen molar-refractivity contribution in [2.45, 2.75) is 65.5 Å². The van der Waals surface area contributed by atoms with E-state index in [1.54, 1.807) is 0 Å². The van der Waals surface area contributed by atoms with Gasteiger partial charge in [0.2, 0.25) is 5.60 Å². The Balaban J connectivity index is 4.18. The van der Waals surface area contributed by atoms with Crippen molar-refractivity contribution in [3.63, 3.8) is 0 Å². The molecule has 113 valence electrons. The van der Waals surface area contributed by atoms with Gasteiger partial charge in [-0.1, -0.05) is 0 Å². The highest BCUT2D eigenvalue weighted by molar-refractivity contribution is 6.27. The minimum absolute atomic E-state index is 0.0629. The third-order valence-corrected chi connectivity index (χ3v) is 5.06. The van der Waals surface area contributed by atoms with Crippen molar-refractivity contribution in [1.82, 2.24) is 0 Å². The van der Waals surface area contributed by atoms with Crippen molar-refractivity contribution >= 4 is 40.3 Å². The highest BCUT2D eigenvalue weighted by atomic mass is 28.3. The molecule has 10 heteroatoms. The summed E-state index contributed by atoms with van der Waals surface area (Å²) in [5.74, 6) is 0. The third-order valence-electron chi connectivity index (χ3n) is 1.38. The quantitative estimate of drug-likeness (QED) is 0.382. The van der Waals surface area contributed by atoms with Crippen LogP contribution in [0.15, 0.2) is 0 Å². The van der Waals surface area contributed by atoms with Crippen LogP contribution in [-0.2, 0) is 26.6 Å². The zero-order valence-corrected chi connectivity index (χ0v) is 16.7. The Morgan fingerprint density at radius 1 is 0.650 bits per heavy atom. The molecule has 0 heterocycles. The zero-order chi connectivity index (χ0) is 15.6. The van der Waals surface area contributed by atoms with Crippen LogP contribution >= 0.6 is 0 Å². The lowest BCUT2D eigenvalue weighted by Crippen LogP contribution is -2.45.